The Morgan fingerprint density at radius 1 is 0.880 bits per heavy atom. The van der Waals surface area contributed by atoms with Crippen molar-refractivity contribution in [2.75, 3.05) is 0 Å². The third-order valence-electron chi connectivity index (χ3n) is 4.64. The van der Waals surface area contributed by atoms with Crippen LogP contribution in [0.5, 0.6) is 0 Å². The molecular formula is C25H40. The van der Waals surface area contributed by atoms with Gasteiger partial charge in [-0.2, -0.15) is 0 Å². The molecule has 0 radical (unpaired) electrons. The minimum absolute atomic E-state index is 0.614. The van der Waals surface area contributed by atoms with Crippen LogP contribution in [0.15, 0.2) is 70.9 Å². The molecule has 0 N–H and O–H groups in total. The van der Waals surface area contributed by atoms with Gasteiger partial charge in [-0.05, 0) is 69.9 Å². The van der Waals surface area contributed by atoms with E-state index >= 15 is 0 Å². The number of hydrogen-bond acceptors (Lipinski definition) is 0. The molecule has 0 aromatic rings. The van der Waals surface area contributed by atoms with Crippen molar-refractivity contribution < 1.29 is 0 Å². The molecule has 0 aromatic carbocycles. The maximum atomic E-state index is 2.36. The van der Waals surface area contributed by atoms with Gasteiger partial charge in [0.25, 0.3) is 0 Å². The Morgan fingerprint density at radius 3 is 2.00 bits per heavy atom. The quantitative estimate of drug-likeness (QED) is 0.336. The van der Waals surface area contributed by atoms with Crippen LogP contribution >= 0.6 is 0 Å². The van der Waals surface area contributed by atoms with Gasteiger partial charge in [0.2, 0.25) is 0 Å². The first-order valence-electron chi connectivity index (χ1n) is 9.98. The monoisotopic (exact) mass is 340 g/mol. The van der Waals surface area contributed by atoms with E-state index in [9.17, 15) is 0 Å². The van der Waals surface area contributed by atoms with Crippen molar-refractivity contribution in [1.82, 2.24) is 0 Å². The van der Waals surface area contributed by atoms with E-state index in [0.29, 0.717) is 5.92 Å². The fourth-order valence-corrected chi connectivity index (χ4v) is 2.38. The van der Waals surface area contributed by atoms with Crippen LogP contribution in [0, 0.1) is 11.8 Å². The Labute approximate surface area is 157 Å². The summed E-state index contributed by atoms with van der Waals surface area (Å²) >= 11 is 0. The van der Waals surface area contributed by atoms with Crippen LogP contribution in [-0.2, 0) is 0 Å². The Balaban J connectivity index is 0.00000277. The van der Waals surface area contributed by atoms with E-state index in [1.807, 2.05) is 13.8 Å². The SMILES string of the molecule is CC.CC\C(C)=C/C=C(C)/C(C)=C/C=C(C)/C=C/C1C=CC(C)CC1. The Hall–Kier alpha value is -1.56. The van der Waals surface area contributed by atoms with Crippen molar-refractivity contribution in [1.29, 1.82) is 0 Å². The third-order valence-corrected chi connectivity index (χ3v) is 4.64. The zero-order valence-electron chi connectivity index (χ0n) is 17.9. The average molecular weight is 341 g/mol. The highest BCUT2D eigenvalue weighted by molar-refractivity contribution is 5.35. The highest BCUT2D eigenvalue weighted by atomic mass is 14.1. The first-order valence-corrected chi connectivity index (χ1v) is 9.98. The molecule has 0 nitrogen and oxygen atoms in total. The Morgan fingerprint density at radius 2 is 1.48 bits per heavy atom. The largest absolute Gasteiger partial charge is 0.0851 e. The molecule has 0 saturated heterocycles. The number of hydrogen-bond donors (Lipinski definition) is 0. The Kier molecular flexibility index (Phi) is 12.8. The summed E-state index contributed by atoms with van der Waals surface area (Å²) in [5, 5.41) is 0. The normalized spacial score (nSPS) is 22.9. The molecule has 0 aliphatic heterocycles. The van der Waals surface area contributed by atoms with Crippen molar-refractivity contribution in [2.24, 2.45) is 11.8 Å². The van der Waals surface area contributed by atoms with E-state index in [1.54, 1.807) is 0 Å². The fraction of sp³-hybridized carbons (Fsp3) is 0.520. The lowest BCUT2D eigenvalue weighted by molar-refractivity contribution is 0.530. The topological polar surface area (TPSA) is 0 Å². The molecule has 1 aliphatic rings. The maximum Gasteiger partial charge on any atom is -0.00500 e. The lowest BCUT2D eigenvalue weighted by Crippen LogP contribution is -2.03. The molecule has 140 valence electrons. The van der Waals surface area contributed by atoms with Crippen molar-refractivity contribution in [3.8, 4) is 0 Å². The van der Waals surface area contributed by atoms with E-state index in [1.165, 1.54) is 35.1 Å². The highest BCUT2D eigenvalue weighted by Gasteiger charge is 2.09. The molecule has 0 spiro atoms. The van der Waals surface area contributed by atoms with Gasteiger partial charge in [0.15, 0.2) is 0 Å². The zero-order valence-corrected chi connectivity index (χ0v) is 17.9. The van der Waals surface area contributed by atoms with E-state index < -0.39 is 0 Å². The van der Waals surface area contributed by atoms with Gasteiger partial charge in [-0.3, -0.25) is 0 Å². The van der Waals surface area contributed by atoms with Gasteiger partial charge >= 0.3 is 0 Å². The second-order valence-corrected chi connectivity index (χ2v) is 6.94. The lowest BCUT2D eigenvalue weighted by atomic mass is 9.89. The molecule has 0 bridgehead atoms. The van der Waals surface area contributed by atoms with E-state index in [4.69, 9.17) is 0 Å². The van der Waals surface area contributed by atoms with Crippen molar-refractivity contribution >= 4 is 0 Å². The van der Waals surface area contributed by atoms with Gasteiger partial charge in [-0.25, -0.2) is 0 Å². The molecule has 25 heavy (non-hydrogen) atoms. The van der Waals surface area contributed by atoms with Crippen molar-refractivity contribution in [3.63, 3.8) is 0 Å². The second kappa shape index (κ2) is 13.7. The van der Waals surface area contributed by atoms with Gasteiger partial charge in [0.05, 0.1) is 0 Å². The minimum atomic E-state index is 0.614. The van der Waals surface area contributed by atoms with Crippen molar-refractivity contribution in [3.05, 3.63) is 70.9 Å². The summed E-state index contributed by atoms with van der Waals surface area (Å²) in [5.41, 5.74) is 5.38. The summed E-state index contributed by atoms with van der Waals surface area (Å²) in [7, 11) is 0. The van der Waals surface area contributed by atoms with Crippen LogP contribution in [0.2, 0.25) is 0 Å². The van der Waals surface area contributed by atoms with Crippen LogP contribution in [0.3, 0.4) is 0 Å². The highest BCUT2D eigenvalue weighted by Crippen LogP contribution is 2.23. The van der Waals surface area contributed by atoms with Crippen LogP contribution in [0.4, 0.5) is 0 Å². The first kappa shape index (κ1) is 23.4. The summed E-state index contributed by atoms with van der Waals surface area (Å²) < 4.78 is 0. The molecule has 0 heteroatoms. The van der Waals surface area contributed by atoms with Crippen LogP contribution in [-0.4, -0.2) is 0 Å². The molecule has 2 atom stereocenters. The molecule has 0 saturated carbocycles. The van der Waals surface area contributed by atoms with Crippen LogP contribution in [0.1, 0.15) is 74.7 Å². The average Bonchev–Trinajstić information content (AvgIpc) is 2.64. The molecule has 1 rings (SSSR count). The van der Waals surface area contributed by atoms with E-state index in [2.05, 4.69) is 90.2 Å². The fourth-order valence-electron chi connectivity index (χ4n) is 2.38. The lowest BCUT2D eigenvalue weighted by Gasteiger charge is -2.16. The number of rotatable bonds is 6. The Bertz CT molecular complexity index is 547. The summed E-state index contributed by atoms with van der Waals surface area (Å²) in [6.07, 6.45) is 21.9. The standard InChI is InChI=1S/C23H34.C2H6/c1-7-18(2)8-13-21(5)22(6)14-9-19(3)10-15-23-16-11-20(4)12-17-23;1-2/h8-11,13-16,20,23H,7,12,17H2,1-6H3;1-2H3/b15-10+,18-8-,19-9+,21-13+,22-14+;. The zero-order chi connectivity index (χ0) is 19.2. The molecular weight excluding hydrogens is 300 g/mol. The molecule has 0 heterocycles. The molecule has 1 aliphatic carbocycles. The summed E-state index contributed by atoms with van der Waals surface area (Å²) in [4.78, 5) is 0. The number of allylic oxidation sites excluding steroid dienone is 12. The summed E-state index contributed by atoms with van der Waals surface area (Å²) in [6.45, 7) is 17.2. The molecule has 0 fully saturated rings. The smallest absolute Gasteiger partial charge is 0.00500 e. The van der Waals surface area contributed by atoms with E-state index in [-0.39, 0.29) is 0 Å². The first-order chi connectivity index (χ1) is 11.9. The van der Waals surface area contributed by atoms with Gasteiger partial charge in [0.1, 0.15) is 0 Å². The maximum absolute atomic E-state index is 2.36. The molecule has 0 aromatic heterocycles. The van der Waals surface area contributed by atoms with Gasteiger partial charge < -0.3 is 0 Å². The van der Waals surface area contributed by atoms with Crippen LogP contribution in [0.25, 0.3) is 0 Å². The molecule has 0 amide bonds. The van der Waals surface area contributed by atoms with Gasteiger partial charge in [0, 0.05) is 0 Å². The van der Waals surface area contributed by atoms with Crippen LogP contribution < -0.4 is 0 Å². The van der Waals surface area contributed by atoms with Gasteiger partial charge in [-0.15, -0.1) is 0 Å². The van der Waals surface area contributed by atoms with E-state index in [0.717, 1.165) is 12.3 Å². The third kappa shape index (κ3) is 10.8. The predicted octanol–water partition coefficient (Wildman–Crippen LogP) is 8.37. The van der Waals surface area contributed by atoms with Crippen molar-refractivity contribution in [2.45, 2.75) is 74.7 Å². The summed E-state index contributed by atoms with van der Waals surface area (Å²) in [6, 6.07) is 0. The predicted molar refractivity (Wildman–Crippen MR) is 117 cm³/mol. The second-order valence-electron chi connectivity index (χ2n) is 6.94. The molecule has 2 unspecified atom stereocenters. The summed E-state index contributed by atoms with van der Waals surface area (Å²) in [5.74, 6) is 1.37. The van der Waals surface area contributed by atoms with Gasteiger partial charge in [-0.1, -0.05) is 87.4 Å². The minimum Gasteiger partial charge on any atom is -0.0851 e.